The maximum atomic E-state index is 13.7. The Morgan fingerprint density at radius 1 is 1.10 bits per heavy atom. The molecule has 1 saturated heterocycles. The summed E-state index contributed by atoms with van der Waals surface area (Å²) in [5.41, 5.74) is 2.06. The number of ether oxygens (including phenoxy) is 1. The molecule has 1 aromatic rings. The van der Waals surface area contributed by atoms with Gasteiger partial charge in [0.25, 0.3) is 0 Å². The number of nitrogens with zero attached hydrogens (tertiary/aromatic N) is 1. The van der Waals surface area contributed by atoms with E-state index in [1.807, 2.05) is 6.08 Å². The molecule has 4 aliphatic rings. The zero-order valence-corrected chi connectivity index (χ0v) is 23.8. The molecule has 3 aliphatic carbocycles. The number of likely N-dealkylation sites (tertiary alicyclic amines) is 1. The van der Waals surface area contributed by atoms with Gasteiger partial charge >= 0.3 is 5.97 Å². The number of carbonyl (C=O) groups excluding carboxylic acids is 4. The predicted octanol–water partition coefficient (Wildman–Crippen LogP) is 4.24. The van der Waals surface area contributed by atoms with E-state index in [0.29, 0.717) is 52.4 Å². The lowest BCUT2D eigenvalue weighted by Crippen LogP contribution is -2.40. The van der Waals surface area contributed by atoms with Crippen LogP contribution < -0.4 is 4.74 Å². The van der Waals surface area contributed by atoms with Gasteiger partial charge in [0.15, 0.2) is 23.1 Å². The van der Waals surface area contributed by atoms with Gasteiger partial charge in [0.05, 0.1) is 18.9 Å². The summed E-state index contributed by atoms with van der Waals surface area (Å²) in [7, 11) is 1.42. The number of Topliss-reactive ketones (excluding diaryl/α,β-unsaturated/α-hetero) is 1. The first-order chi connectivity index (χ1) is 19.0. The van der Waals surface area contributed by atoms with Crippen LogP contribution in [0.2, 0.25) is 0 Å². The van der Waals surface area contributed by atoms with Crippen molar-refractivity contribution in [3.63, 3.8) is 0 Å². The van der Waals surface area contributed by atoms with Gasteiger partial charge < -0.3 is 14.9 Å². The number of fused-ring (bicyclic) bond motifs is 3. The van der Waals surface area contributed by atoms with Gasteiger partial charge in [-0.2, -0.15) is 0 Å². The monoisotopic (exact) mass is 611 g/mol. The molecule has 5 rings (SSSR count). The van der Waals surface area contributed by atoms with Crippen molar-refractivity contribution in [3.8, 4) is 11.5 Å². The Kier molecular flexibility index (Phi) is 7.56. The Hall–Kier alpha value is -3.53. The van der Waals surface area contributed by atoms with E-state index in [2.05, 4.69) is 15.9 Å². The number of methoxy groups -OCH3 is 1. The molecule has 1 aliphatic heterocycles. The number of imide groups is 1. The fourth-order valence-corrected chi connectivity index (χ4v) is 7.17. The fraction of sp³-hybridized carbons (Fsp3) is 0.433. The Morgan fingerprint density at radius 2 is 1.85 bits per heavy atom. The predicted molar refractivity (Wildman–Crippen MR) is 147 cm³/mol. The average molecular weight is 612 g/mol. The second-order valence-electron chi connectivity index (χ2n) is 10.8. The largest absolute Gasteiger partial charge is 0.504 e. The lowest BCUT2D eigenvalue weighted by atomic mass is 9.59. The molecule has 2 amide bonds. The third-order valence-corrected chi connectivity index (χ3v) is 8.98. The van der Waals surface area contributed by atoms with Gasteiger partial charge in [-0.25, -0.2) is 0 Å². The summed E-state index contributed by atoms with van der Waals surface area (Å²) in [5.74, 6) is -4.51. The Balaban J connectivity index is 1.54. The molecule has 0 aromatic heterocycles. The Labute approximate surface area is 239 Å². The molecule has 0 radical (unpaired) electrons. The smallest absolute Gasteiger partial charge is 0.303 e. The number of carboxylic acid groups (broad SMARTS) is 1. The van der Waals surface area contributed by atoms with E-state index in [1.54, 1.807) is 19.1 Å². The number of carbonyl (C=O) groups is 5. The van der Waals surface area contributed by atoms with E-state index < -0.39 is 29.6 Å². The van der Waals surface area contributed by atoms with Crippen LogP contribution in [0.4, 0.5) is 0 Å². The molecular weight excluding hydrogens is 582 g/mol. The van der Waals surface area contributed by atoms with Crippen molar-refractivity contribution >= 4 is 45.3 Å². The van der Waals surface area contributed by atoms with Crippen molar-refractivity contribution in [3.05, 3.63) is 56.6 Å². The number of aromatic hydroxyl groups is 1. The molecule has 4 unspecified atom stereocenters. The highest BCUT2D eigenvalue weighted by Gasteiger charge is 2.56. The summed E-state index contributed by atoms with van der Waals surface area (Å²) in [6, 6.07) is 3.29. The highest BCUT2D eigenvalue weighted by atomic mass is 79.9. The van der Waals surface area contributed by atoms with Gasteiger partial charge in [-0.1, -0.05) is 34.0 Å². The summed E-state index contributed by atoms with van der Waals surface area (Å²) in [6.07, 6.45) is 5.28. The highest BCUT2D eigenvalue weighted by molar-refractivity contribution is 9.10. The third kappa shape index (κ3) is 4.62. The minimum atomic E-state index is -0.881. The van der Waals surface area contributed by atoms with Crippen molar-refractivity contribution in [1.29, 1.82) is 0 Å². The zero-order chi connectivity index (χ0) is 28.9. The van der Waals surface area contributed by atoms with Crippen LogP contribution in [0.25, 0.3) is 0 Å². The number of phenolic OH excluding ortho intramolecular Hbond substituents is 1. The molecule has 2 N–H and O–H groups in total. The van der Waals surface area contributed by atoms with Crippen molar-refractivity contribution in [2.45, 2.75) is 51.4 Å². The summed E-state index contributed by atoms with van der Waals surface area (Å²) in [5, 5.41) is 20.0. The van der Waals surface area contributed by atoms with E-state index >= 15 is 0 Å². The number of hydrogen-bond acceptors (Lipinski definition) is 7. The minimum absolute atomic E-state index is 0.0369. The quantitative estimate of drug-likeness (QED) is 0.193. The number of unbranched alkanes of at least 4 members (excludes halogenated alkanes) is 2. The van der Waals surface area contributed by atoms with Crippen LogP contribution in [0.1, 0.15) is 56.9 Å². The van der Waals surface area contributed by atoms with Crippen LogP contribution >= 0.6 is 15.9 Å². The molecule has 10 heteroatoms. The number of benzene rings is 1. The van der Waals surface area contributed by atoms with Crippen LogP contribution in [0.5, 0.6) is 11.5 Å². The fourth-order valence-electron chi connectivity index (χ4n) is 6.72. The zero-order valence-electron chi connectivity index (χ0n) is 22.2. The van der Waals surface area contributed by atoms with Crippen LogP contribution in [0.15, 0.2) is 51.0 Å². The number of ketones is 2. The van der Waals surface area contributed by atoms with Gasteiger partial charge in [-0.3, -0.25) is 28.9 Å². The van der Waals surface area contributed by atoms with Crippen LogP contribution in [0, 0.1) is 17.8 Å². The molecule has 9 nitrogen and oxygen atoms in total. The first kappa shape index (κ1) is 28.0. The number of aliphatic carboxylic acids is 1. The lowest BCUT2D eigenvalue weighted by Gasteiger charge is -2.42. The molecule has 1 aromatic carbocycles. The highest BCUT2D eigenvalue weighted by Crippen LogP contribution is 2.57. The maximum Gasteiger partial charge on any atom is 0.303 e. The first-order valence-corrected chi connectivity index (χ1v) is 14.2. The number of carboxylic acids is 1. The van der Waals surface area contributed by atoms with Crippen molar-refractivity contribution < 1.29 is 38.9 Å². The number of allylic oxidation sites excluding steroid dienone is 6. The molecule has 4 atom stereocenters. The van der Waals surface area contributed by atoms with Crippen LogP contribution in [-0.4, -0.2) is 58.1 Å². The van der Waals surface area contributed by atoms with E-state index in [0.717, 1.165) is 5.57 Å². The number of halogens is 1. The molecule has 1 fully saturated rings. The summed E-state index contributed by atoms with van der Waals surface area (Å²) >= 11 is 3.45. The normalized spacial score (nSPS) is 25.8. The van der Waals surface area contributed by atoms with E-state index in [4.69, 9.17) is 9.84 Å². The first-order valence-electron chi connectivity index (χ1n) is 13.4. The Bertz CT molecular complexity index is 1440. The average Bonchev–Trinajstić information content (AvgIpc) is 3.16. The van der Waals surface area contributed by atoms with Gasteiger partial charge in [-0.05, 0) is 56.7 Å². The standard InChI is InChI=1S/C30H30BrNO8/c1-14-10-21(33)26-20(27(14)36)13-18-16(24(26)19-11-15(31)12-22(40-2)28(19)37)7-8-17-25(18)30(39)32(29(17)38)9-5-3-4-6-23(34)35/h7,10-12,17-18,24-25,37H,3-6,8-9,13H2,1-2H3,(H,34,35). The second kappa shape index (κ2) is 10.8. The maximum absolute atomic E-state index is 13.7. The van der Waals surface area contributed by atoms with Gasteiger partial charge in [0, 0.05) is 45.6 Å². The van der Waals surface area contributed by atoms with E-state index in [9.17, 15) is 29.1 Å². The lowest BCUT2D eigenvalue weighted by molar-refractivity contribution is -0.141. The number of hydrogen-bond donors (Lipinski definition) is 2. The number of rotatable bonds is 8. The summed E-state index contributed by atoms with van der Waals surface area (Å²) in [6.45, 7) is 1.80. The van der Waals surface area contributed by atoms with Gasteiger partial charge in [-0.15, -0.1) is 0 Å². The topological polar surface area (TPSA) is 138 Å². The van der Waals surface area contributed by atoms with Gasteiger partial charge in [0.1, 0.15) is 0 Å². The van der Waals surface area contributed by atoms with E-state index in [1.165, 1.54) is 18.1 Å². The van der Waals surface area contributed by atoms with Gasteiger partial charge in [0.2, 0.25) is 11.8 Å². The summed E-state index contributed by atoms with van der Waals surface area (Å²) < 4.78 is 5.97. The minimum Gasteiger partial charge on any atom is -0.504 e. The van der Waals surface area contributed by atoms with Crippen molar-refractivity contribution in [1.82, 2.24) is 4.90 Å². The number of phenols is 1. The van der Waals surface area contributed by atoms with Crippen LogP contribution in [-0.2, 0) is 24.0 Å². The second-order valence-corrected chi connectivity index (χ2v) is 11.7. The molecule has 40 heavy (non-hydrogen) atoms. The Morgan fingerprint density at radius 3 is 2.55 bits per heavy atom. The molecule has 210 valence electrons. The molecule has 0 bridgehead atoms. The van der Waals surface area contributed by atoms with Crippen LogP contribution in [0.3, 0.4) is 0 Å². The van der Waals surface area contributed by atoms with Crippen molar-refractivity contribution in [2.24, 2.45) is 17.8 Å². The molecule has 0 saturated carbocycles. The number of amides is 2. The van der Waals surface area contributed by atoms with Crippen molar-refractivity contribution in [2.75, 3.05) is 13.7 Å². The molecule has 1 heterocycles. The van der Waals surface area contributed by atoms with E-state index in [-0.39, 0.29) is 54.3 Å². The molecule has 0 spiro atoms. The SMILES string of the molecule is COc1cc(Br)cc(C2C3=CCC4C(=O)N(CCCCCC(=O)O)C(=O)C4C3CC3=C2C(=O)C=C(C)C3=O)c1O. The summed E-state index contributed by atoms with van der Waals surface area (Å²) in [4.78, 5) is 66.0. The third-order valence-electron chi connectivity index (χ3n) is 8.53. The molecular formula is C30H30BrNO8.